The smallest absolute Gasteiger partial charge is 0.228 e. The van der Waals surface area contributed by atoms with Crippen LogP contribution in [0.1, 0.15) is 17.5 Å². The Bertz CT molecular complexity index is 920. The molecule has 1 aliphatic heterocycles. The number of benzene rings is 2. The van der Waals surface area contributed by atoms with Crippen LogP contribution in [-0.4, -0.2) is 42.9 Å². The van der Waals surface area contributed by atoms with Crippen LogP contribution in [0.5, 0.6) is 0 Å². The molecule has 0 bridgehead atoms. The van der Waals surface area contributed by atoms with Crippen LogP contribution in [0.25, 0.3) is 0 Å². The Labute approximate surface area is 170 Å². The molecule has 1 aliphatic carbocycles. The third kappa shape index (κ3) is 4.26. The van der Waals surface area contributed by atoms with Gasteiger partial charge in [-0.1, -0.05) is 6.07 Å². The Kier molecular flexibility index (Phi) is 5.26. The summed E-state index contributed by atoms with van der Waals surface area (Å²) in [5.74, 6) is -0.694. The molecule has 2 amide bonds. The van der Waals surface area contributed by atoms with Gasteiger partial charge in [0, 0.05) is 37.6 Å². The highest BCUT2D eigenvalue weighted by Crippen LogP contribution is 2.41. The Balaban J connectivity index is 1.28. The van der Waals surface area contributed by atoms with E-state index in [-0.39, 0.29) is 29.5 Å². The van der Waals surface area contributed by atoms with E-state index in [1.807, 2.05) is 36.9 Å². The summed E-state index contributed by atoms with van der Waals surface area (Å²) >= 11 is 0. The number of carbonyl (C=O) groups excluding carboxylic acids is 2. The number of hydrogen-bond acceptors (Lipinski definition) is 3. The molecule has 152 valence electrons. The summed E-state index contributed by atoms with van der Waals surface area (Å²) in [6, 6.07) is 12.3. The van der Waals surface area contributed by atoms with Crippen LogP contribution in [0.2, 0.25) is 0 Å². The normalized spacial score (nSPS) is 21.1. The van der Waals surface area contributed by atoms with Crippen LogP contribution >= 0.6 is 0 Å². The third-order valence-corrected chi connectivity index (χ3v) is 6.00. The summed E-state index contributed by atoms with van der Waals surface area (Å²) < 4.78 is 13.1. The maximum absolute atomic E-state index is 13.1. The topological polar surface area (TPSA) is 52.7 Å². The molecular formula is C23H26FN3O2. The van der Waals surface area contributed by atoms with E-state index in [9.17, 15) is 14.0 Å². The van der Waals surface area contributed by atoms with Crippen molar-refractivity contribution in [2.24, 2.45) is 11.8 Å². The fourth-order valence-electron chi connectivity index (χ4n) is 3.88. The molecular weight excluding hydrogens is 369 g/mol. The molecule has 2 unspecified atom stereocenters. The SMILES string of the molecule is Cc1ccc(NC(=O)C2CC2C(=O)N2CCN(c3ccc(F)cc3)CC2)cc1C. The lowest BCUT2D eigenvalue weighted by atomic mass is 10.1. The molecule has 5 nitrogen and oxygen atoms in total. The number of rotatable bonds is 4. The van der Waals surface area contributed by atoms with Gasteiger partial charge in [0.1, 0.15) is 5.82 Å². The van der Waals surface area contributed by atoms with E-state index in [1.165, 1.54) is 17.7 Å². The van der Waals surface area contributed by atoms with Crippen LogP contribution in [0.4, 0.5) is 15.8 Å². The molecule has 2 aromatic rings. The van der Waals surface area contributed by atoms with Crippen LogP contribution in [0, 0.1) is 31.5 Å². The number of nitrogens with zero attached hydrogens (tertiary/aromatic N) is 2. The minimum atomic E-state index is -0.249. The van der Waals surface area contributed by atoms with Gasteiger partial charge >= 0.3 is 0 Å². The molecule has 1 N–H and O–H groups in total. The maximum atomic E-state index is 13.1. The third-order valence-electron chi connectivity index (χ3n) is 6.00. The average Bonchev–Trinajstić information content (AvgIpc) is 3.52. The van der Waals surface area contributed by atoms with Gasteiger partial charge in [0.15, 0.2) is 0 Å². The predicted molar refractivity (Wildman–Crippen MR) is 111 cm³/mol. The number of nitrogens with one attached hydrogen (secondary N) is 1. The predicted octanol–water partition coefficient (Wildman–Crippen LogP) is 3.37. The Morgan fingerprint density at radius 1 is 0.931 bits per heavy atom. The number of carbonyl (C=O) groups is 2. The Hall–Kier alpha value is -2.89. The van der Waals surface area contributed by atoms with Gasteiger partial charge < -0.3 is 15.1 Å². The van der Waals surface area contributed by atoms with Crippen molar-refractivity contribution in [3.05, 3.63) is 59.4 Å². The summed E-state index contributed by atoms with van der Waals surface area (Å²) in [6.07, 6.45) is 0.619. The monoisotopic (exact) mass is 395 g/mol. The van der Waals surface area contributed by atoms with E-state index in [1.54, 1.807) is 12.1 Å². The van der Waals surface area contributed by atoms with Crippen molar-refractivity contribution in [2.75, 3.05) is 36.4 Å². The first kappa shape index (κ1) is 19.4. The summed E-state index contributed by atoms with van der Waals surface area (Å²) in [5, 5.41) is 2.94. The van der Waals surface area contributed by atoms with Gasteiger partial charge in [0.2, 0.25) is 11.8 Å². The lowest BCUT2D eigenvalue weighted by Crippen LogP contribution is -2.49. The standard InChI is InChI=1S/C23H26FN3O2/c1-15-3-6-18(13-16(15)2)25-22(28)20-14-21(20)23(29)27-11-9-26(10-12-27)19-7-4-17(24)5-8-19/h3-8,13,20-21H,9-12,14H2,1-2H3,(H,25,28). The molecule has 2 fully saturated rings. The van der Waals surface area contributed by atoms with Crippen molar-refractivity contribution in [1.82, 2.24) is 4.90 Å². The van der Waals surface area contributed by atoms with Gasteiger partial charge in [-0.25, -0.2) is 4.39 Å². The minimum absolute atomic E-state index is 0.0726. The van der Waals surface area contributed by atoms with Gasteiger partial charge in [-0.3, -0.25) is 9.59 Å². The van der Waals surface area contributed by atoms with Crippen molar-refractivity contribution in [2.45, 2.75) is 20.3 Å². The van der Waals surface area contributed by atoms with Gasteiger partial charge in [-0.15, -0.1) is 0 Å². The lowest BCUT2D eigenvalue weighted by Gasteiger charge is -2.36. The number of aryl methyl sites for hydroxylation is 2. The zero-order valence-electron chi connectivity index (χ0n) is 16.8. The largest absolute Gasteiger partial charge is 0.368 e. The van der Waals surface area contributed by atoms with Crippen LogP contribution in [0.3, 0.4) is 0 Å². The maximum Gasteiger partial charge on any atom is 0.228 e. The molecule has 29 heavy (non-hydrogen) atoms. The highest BCUT2D eigenvalue weighted by molar-refractivity contribution is 5.99. The van der Waals surface area contributed by atoms with Crippen molar-refractivity contribution < 1.29 is 14.0 Å². The fourth-order valence-corrected chi connectivity index (χ4v) is 3.88. The van der Waals surface area contributed by atoms with Crippen LogP contribution in [-0.2, 0) is 9.59 Å². The second-order valence-corrected chi connectivity index (χ2v) is 8.03. The fraction of sp³-hybridized carbons (Fsp3) is 0.391. The molecule has 1 heterocycles. The number of piperazine rings is 1. The first-order valence-electron chi connectivity index (χ1n) is 10.1. The van der Waals surface area contributed by atoms with Crippen LogP contribution in [0.15, 0.2) is 42.5 Å². The second-order valence-electron chi connectivity index (χ2n) is 8.03. The minimum Gasteiger partial charge on any atom is -0.368 e. The summed E-state index contributed by atoms with van der Waals surface area (Å²) in [5.41, 5.74) is 4.06. The Morgan fingerprint density at radius 3 is 2.28 bits per heavy atom. The Morgan fingerprint density at radius 2 is 1.62 bits per heavy atom. The second kappa shape index (κ2) is 7.85. The quantitative estimate of drug-likeness (QED) is 0.864. The molecule has 2 atom stereocenters. The zero-order valence-corrected chi connectivity index (χ0v) is 16.8. The van der Waals surface area contributed by atoms with E-state index < -0.39 is 0 Å². The highest BCUT2D eigenvalue weighted by Gasteiger charge is 2.49. The molecule has 0 spiro atoms. The van der Waals surface area contributed by atoms with E-state index in [0.29, 0.717) is 32.6 Å². The van der Waals surface area contributed by atoms with Gasteiger partial charge in [-0.05, 0) is 67.8 Å². The molecule has 1 saturated heterocycles. The van der Waals surface area contributed by atoms with Crippen molar-refractivity contribution in [1.29, 1.82) is 0 Å². The first-order valence-corrected chi connectivity index (χ1v) is 10.1. The number of hydrogen-bond donors (Lipinski definition) is 1. The zero-order chi connectivity index (χ0) is 20.5. The summed E-state index contributed by atoms with van der Waals surface area (Å²) in [6.45, 7) is 6.72. The first-order chi connectivity index (χ1) is 13.9. The van der Waals surface area contributed by atoms with Gasteiger partial charge in [-0.2, -0.15) is 0 Å². The molecule has 4 rings (SSSR count). The summed E-state index contributed by atoms with van der Waals surface area (Å²) in [7, 11) is 0. The number of halogens is 1. The lowest BCUT2D eigenvalue weighted by molar-refractivity contribution is -0.134. The molecule has 2 aliphatic rings. The molecule has 2 aromatic carbocycles. The molecule has 1 saturated carbocycles. The van der Waals surface area contributed by atoms with E-state index in [4.69, 9.17) is 0 Å². The summed E-state index contributed by atoms with van der Waals surface area (Å²) in [4.78, 5) is 29.3. The molecule has 0 radical (unpaired) electrons. The van der Waals surface area contributed by atoms with Crippen molar-refractivity contribution >= 4 is 23.2 Å². The molecule has 0 aromatic heterocycles. The highest BCUT2D eigenvalue weighted by atomic mass is 19.1. The molecule has 6 heteroatoms. The van der Waals surface area contributed by atoms with Crippen LogP contribution < -0.4 is 10.2 Å². The van der Waals surface area contributed by atoms with Gasteiger partial charge in [0.25, 0.3) is 0 Å². The average molecular weight is 395 g/mol. The van der Waals surface area contributed by atoms with E-state index in [0.717, 1.165) is 16.9 Å². The van der Waals surface area contributed by atoms with Crippen molar-refractivity contribution in [3.63, 3.8) is 0 Å². The van der Waals surface area contributed by atoms with Crippen molar-refractivity contribution in [3.8, 4) is 0 Å². The van der Waals surface area contributed by atoms with E-state index >= 15 is 0 Å². The van der Waals surface area contributed by atoms with E-state index in [2.05, 4.69) is 10.2 Å². The number of anilines is 2. The number of amides is 2. The van der Waals surface area contributed by atoms with Gasteiger partial charge in [0.05, 0.1) is 11.8 Å².